The van der Waals surface area contributed by atoms with Crippen molar-refractivity contribution in [2.75, 3.05) is 24.2 Å². The molecular formula is C31H38ClN3O5S. The van der Waals surface area contributed by atoms with Crippen molar-refractivity contribution in [1.29, 1.82) is 0 Å². The molecule has 0 bridgehead atoms. The second-order valence-electron chi connectivity index (χ2n) is 10.1. The van der Waals surface area contributed by atoms with Crippen molar-refractivity contribution in [3.05, 3.63) is 95.0 Å². The highest BCUT2D eigenvalue weighted by Crippen LogP contribution is 2.25. The molecule has 41 heavy (non-hydrogen) atoms. The fourth-order valence-corrected chi connectivity index (χ4v) is 5.67. The Morgan fingerprint density at radius 2 is 1.66 bits per heavy atom. The lowest BCUT2D eigenvalue weighted by atomic mass is 10.0. The molecule has 0 aliphatic rings. The van der Waals surface area contributed by atoms with Crippen molar-refractivity contribution in [2.45, 2.75) is 51.7 Å². The average Bonchev–Trinajstić information content (AvgIpc) is 2.93. The first-order chi connectivity index (χ1) is 19.5. The number of nitrogens with zero attached hydrogens (tertiary/aromatic N) is 2. The summed E-state index contributed by atoms with van der Waals surface area (Å²) < 4.78 is 31.8. The number of carbonyl (C=O) groups is 2. The van der Waals surface area contributed by atoms with Crippen molar-refractivity contribution >= 4 is 39.1 Å². The lowest BCUT2D eigenvalue weighted by molar-refractivity contribution is -0.141. The zero-order valence-electron chi connectivity index (χ0n) is 23.9. The van der Waals surface area contributed by atoms with Crippen LogP contribution in [0, 0.1) is 0 Å². The summed E-state index contributed by atoms with van der Waals surface area (Å²) in [5, 5.41) is 3.45. The number of hydrogen-bond acceptors (Lipinski definition) is 5. The molecular weight excluding hydrogens is 562 g/mol. The Balaban J connectivity index is 1.89. The maximum Gasteiger partial charge on any atom is 0.243 e. The zero-order chi connectivity index (χ0) is 30.0. The molecule has 3 aromatic rings. The monoisotopic (exact) mass is 599 g/mol. The minimum atomic E-state index is -3.63. The van der Waals surface area contributed by atoms with Gasteiger partial charge in [0.2, 0.25) is 21.8 Å². The molecule has 0 spiro atoms. The van der Waals surface area contributed by atoms with Gasteiger partial charge in [-0.1, -0.05) is 66.2 Å². The van der Waals surface area contributed by atoms with Crippen LogP contribution in [-0.2, 0) is 32.6 Å². The Kier molecular flexibility index (Phi) is 11.6. The first-order valence-corrected chi connectivity index (χ1v) is 15.7. The predicted molar refractivity (Wildman–Crippen MR) is 164 cm³/mol. The lowest BCUT2D eigenvalue weighted by Crippen LogP contribution is -2.51. The molecule has 0 unspecified atom stereocenters. The van der Waals surface area contributed by atoms with Crippen molar-refractivity contribution in [2.24, 2.45) is 0 Å². The molecule has 0 fully saturated rings. The van der Waals surface area contributed by atoms with Gasteiger partial charge in [-0.05, 0) is 49.6 Å². The van der Waals surface area contributed by atoms with Gasteiger partial charge in [0.1, 0.15) is 11.8 Å². The molecule has 0 heterocycles. The topological polar surface area (TPSA) is 96.0 Å². The second kappa shape index (κ2) is 14.9. The molecule has 0 aromatic heterocycles. The zero-order valence-corrected chi connectivity index (χ0v) is 25.5. The third-order valence-electron chi connectivity index (χ3n) is 6.49. The molecule has 10 heteroatoms. The van der Waals surface area contributed by atoms with Gasteiger partial charge in [0.25, 0.3) is 0 Å². The first kappa shape index (κ1) is 32.0. The number of carbonyl (C=O) groups excluding carboxylic acids is 2. The van der Waals surface area contributed by atoms with E-state index in [9.17, 15) is 18.0 Å². The summed E-state index contributed by atoms with van der Waals surface area (Å²) in [6.45, 7) is 3.96. The van der Waals surface area contributed by atoms with Crippen LogP contribution in [0.1, 0.15) is 37.8 Å². The summed E-state index contributed by atoms with van der Waals surface area (Å²) in [6, 6.07) is 22.6. The van der Waals surface area contributed by atoms with E-state index in [4.69, 9.17) is 16.3 Å². The fraction of sp³-hybridized carbons (Fsp3) is 0.355. The summed E-state index contributed by atoms with van der Waals surface area (Å²) in [4.78, 5) is 28.9. The van der Waals surface area contributed by atoms with E-state index in [-0.39, 0.29) is 43.8 Å². The maximum absolute atomic E-state index is 13.9. The Hall–Kier alpha value is -3.56. The number of nitrogens with one attached hydrogen (secondary N) is 1. The minimum Gasteiger partial charge on any atom is -0.497 e. The number of hydrogen-bond donors (Lipinski definition) is 1. The van der Waals surface area contributed by atoms with E-state index in [1.807, 2.05) is 62.4 Å². The number of sulfonamides is 1. The Morgan fingerprint density at radius 3 is 2.29 bits per heavy atom. The summed E-state index contributed by atoms with van der Waals surface area (Å²) >= 11 is 6.47. The number of rotatable bonds is 14. The van der Waals surface area contributed by atoms with Crippen LogP contribution in [0.3, 0.4) is 0 Å². The summed E-state index contributed by atoms with van der Waals surface area (Å²) in [6.07, 6.45) is 1.71. The molecule has 0 saturated carbocycles. The van der Waals surface area contributed by atoms with E-state index in [1.165, 1.54) is 11.4 Å². The van der Waals surface area contributed by atoms with E-state index < -0.39 is 16.1 Å². The normalized spacial score (nSPS) is 12.0. The SMILES string of the molecule is COc1cccc(N(CCCC(=O)N(Cc2ccccc2Cl)[C@@H](Cc2ccccc2)C(=O)NC(C)C)S(C)(=O)=O)c1. The van der Waals surface area contributed by atoms with Gasteiger partial charge < -0.3 is 15.0 Å². The van der Waals surface area contributed by atoms with Crippen LogP contribution in [0.2, 0.25) is 5.02 Å². The van der Waals surface area contributed by atoms with Crippen molar-refractivity contribution in [3.8, 4) is 5.75 Å². The van der Waals surface area contributed by atoms with Crippen LogP contribution in [-0.4, -0.2) is 57.1 Å². The Morgan fingerprint density at radius 1 is 0.976 bits per heavy atom. The van der Waals surface area contributed by atoms with Crippen LogP contribution in [0.5, 0.6) is 5.75 Å². The number of anilines is 1. The van der Waals surface area contributed by atoms with E-state index in [0.29, 0.717) is 28.4 Å². The molecule has 3 aromatic carbocycles. The van der Waals surface area contributed by atoms with Crippen molar-refractivity contribution in [1.82, 2.24) is 10.2 Å². The highest BCUT2D eigenvalue weighted by atomic mass is 35.5. The van der Waals surface area contributed by atoms with Gasteiger partial charge in [-0.2, -0.15) is 0 Å². The van der Waals surface area contributed by atoms with Crippen LogP contribution >= 0.6 is 11.6 Å². The molecule has 0 radical (unpaired) electrons. The fourth-order valence-electron chi connectivity index (χ4n) is 4.51. The quantitative estimate of drug-likeness (QED) is 0.279. The number of halogens is 1. The van der Waals surface area contributed by atoms with Gasteiger partial charge in [-0.3, -0.25) is 13.9 Å². The molecule has 0 saturated heterocycles. The van der Waals surface area contributed by atoms with Gasteiger partial charge >= 0.3 is 0 Å². The average molecular weight is 600 g/mol. The molecule has 2 amide bonds. The maximum atomic E-state index is 13.9. The number of ether oxygens (including phenoxy) is 1. The molecule has 8 nitrogen and oxygen atoms in total. The van der Waals surface area contributed by atoms with Crippen LogP contribution in [0.25, 0.3) is 0 Å². The van der Waals surface area contributed by atoms with Gasteiger partial charge in [0, 0.05) is 43.1 Å². The Bertz CT molecular complexity index is 1420. The molecule has 220 valence electrons. The van der Waals surface area contributed by atoms with Crippen LogP contribution in [0.15, 0.2) is 78.9 Å². The van der Waals surface area contributed by atoms with Crippen LogP contribution < -0.4 is 14.4 Å². The third-order valence-corrected chi connectivity index (χ3v) is 8.06. The van der Waals surface area contributed by atoms with E-state index in [0.717, 1.165) is 11.8 Å². The van der Waals surface area contributed by atoms with E-state index >= 15 is 0 Å². The van der Waals surface area contributed by atoms with Crippen molar-refractivity contribution in [3.63, 3.8) is 0 Å². The van der Waals surface area contributed by atoms with E-state index in [1.54, 1.807) is 35.2 Å². The molecule has 0 aliphatic heterocycles. The highest BCUT2D eigenvalue weighted by Gasteiger charge is 2.31. The third kappa shape index (κ3) is 9.50. The summed E-state index contributed by atoms with van der Waals surface area (Å²) in [7, 11) is -2.12. The summed E-state index contributed by atoms with van der Waals surface area (Å²) in [5.74, 6) is -0.0136. The van der Waals surface area contributed by atoms with Gasteiger partial charge in [-0.25, -0.2) is 8.42 Å². The van der Waals surface area contributed by atoms with Crippen molar-refractivity contribution < 1.29 is 22.7 Å². The number of benzene rings is 3. The van der Waals surface area contributed by atoms with Gasteiger partial charge in [-0.15, -0.1) is 0 Å². The molecule has 1 N–H and O–H groups in total. The number of methoxy groups -OCH3 is 1. The standard InChI is InChI=1S/C31H38ClN3O5S/c1-23(2)33-31(37)29(20-24-12-6-5-7-13-24)34(22-25-14-8-9-17-28(25)32)30(36)18-11-19-35(41(4,38)39)26-15-10-16-27(21-26)40-3/h5-10,12-17,21,23,29H,11,18-20,22H2,1-4H3,(H,33,37)/t29-/m0/s1. The second-order valence-corrected chi connectivity index (χ2v) is 12.4. The first-order valence-electron chi connectivity index (χ1n) is 13.5. The molecule has 0 aliphatic carbocycles. The predicted octanol–water partition coefficient (Wildman–Crippen LogP) is 5.06. The smallest absolute Gasteiger partial charge is 0.243 e. The largest absolute Gasteiger partial charge is 0.497 e. The van der Waals surface area contributed by atoms with Gasteiger partial charge in [0.15, 0.2) is 0 Å². The highest BCUT2D eigenvalue weighted by molar-refractivity contribution is 7.92. The van der Waals surface area contributed by atoms with Crippen LogP contribution in [0.4, 0.5) is 5.69 Å². The molecule has 1 atom stereocenters. The number of amides is 2. The summed E-state index contributed by atoms with van der Waals surface area (Å²) in [5.41, 5.74) is 2.08. The van der Waals surface area contributed by atoms with E-state index in [2.05, 4.69) is 5.32 Å². The molecule has 3 rings (SSSR count). The minimum absolute atomic E-state index is 0.0285. The van der Waals surface area contributed by atoms with Gasteiger partial charge in [0.05, 0.1) is 19.1 Å². The lowest BCUT2D eigenvalue weighted by Gasteiger charge is -2.32. The Labute approximate surface area is 248 Å².